The monoisotopic (exact) mass is 350 g/mol. The molecule has 0 unspecified atom stereocenters. The van der Waals surface area contributed by atoms with Gasteiger partial charge in [-0.1, -0.05) is 0 Å². The van der Waals surface area contributed by atoms with Gasteiger partial charge in [-0.3, -0.25) is 0 Å². The maximum atomic E-state index is 10.8. The van der Waals surface area contributed by atoms with Crippen LogP contribution in [0.4, 0.5) is 0 Å². The molecule has 0 saturated heterocycles. The lowest BCUT2D eigenvalue weighted by atomic mass is 9.54. The summed E-state index contributed by atoms with van der Waals surface area (Å²) in [6, 6.07) is 0. The quantitative estimate of drug-likeness (QED) is 0.710. The van der Waals surface area contributed by atoms with Crippen molar-refractivity contribution in [1.82, 2.24) is 0 Å². The predicted octanol–water partition coefficient (Wildman–Crippen LogP) is 5.18. The van der Waals surface area contributed by atoms with Crippen LogP contribution < -0.4 is 0 Å². The van der Waals surface area contributed by atoms with E-state index in [-0.39, 0.29) is 11.2 Å². The van der Waals surface area contributed by atoms with Crippen molar-refractivity contribution in [2.45, 2.75) is 88.3 Å². The molecular weight excluding hydrogens is 319 g/mol. The maximum absolute atomic E-state index is 10.8. The molecule has 0 atom stereocenters. The number of hydrogen-bond acceptors (Lipinski definition) is 3. The molecule has 0 spiro atoms. The third kappa shape index (κ3) is 2.45. The lowest BCUT2D eigenvalue weighted by Crippen LogP contribution is -2.53. The first kappa shape index (κ1) is 15.4. The molecule has 0 aromatic carbocycles. The van der Waals surface area contributed by atoms with E-state index in [0.29, 0.717) is 0 Å². The lowest BCUT2D eigenvalue weighted by Gasteiger charge is -2.58. The molecule has 0 aromatic rings. The summed E-state index contributed by atoms with van der Waals surface area (Å²) in [6.45, 7) is 0. The third-order valence-electron chi connectivity index (χ3n) is 8.51. The van der Waals surface area contributed by atoms with Crippen molar-refractivity contribution in [3.05, 3.63) is 0 Å². The fourth-order valence-electron chi connectivity index (χ4n) is 8.64. The molecule has 8 aliphatic carbocycles. The molecule has 0 aromatic heterocycles. The Bertz CT molecular complexity index is 416. The van der Waals surface area contributed by atoms with Crippen LogP contribution in [0.3, 0.4) is 0 Å². The summed E-state index contributed by atoms with van der Waals surface area (Å²) in [5.41, 5.74) is -0.0605. The van der Waals surface area contributed by atoms with Crippen LogP contribution in [-0.2, 0) is 9.05 Å². The molecule has 8 aliphatic rings. The van der Waals surface area contributed by atoms with Gasteiger partial charge in [0.1, 0.15) is 0 Å². The zero-order chi connectivity index (χ0) is 15.9. The minimum absolute atomic E-state index is 0.0303. The minimum atomic E-state index is -1.70. The molecule has 8 fully saturated rings. The zero-order valence-corrected chi connectivity index (χ0v) is 15.6. The largest absolute Gasteiger partial charge is 0.330 e. The first-order chi connectivity index (χ1) is 11.6. The standard InChI is InChI=1S/C20H31O3P/c21-24(22-19-7-13-1-14(8-19)3-15(2-13)9-19)23-20-10-16-4-17(11-20)6-18(5-16)12-20/h13-18,21H,1-12H2. The van der Waals surface area contributed by atoms with E-state index in [1.54, 1.807) is 0 Å². The summed E-state index contributed by atoms with van der Waals surface area (Å²) in [4.78, 5) is 10.8. The molecule has 0 aliphatic heterocycles. The van der Waals surface area contributed by atoms with Crippen molar-refractivity contribution >= 4 is 8.60 Å². The van der Waals surface area contributed by atoms with Gasteiger partial charge in [-0.05, 0) is 113 Å². The van der Waals surface area contributed by atoms with Crippen molar-refractivity contribution in [2.24, 2.45) is 35.5 Å². The third-order valence-corrected chi connectivity index (χ3v) is 9.59. The summed E-state index contributed by atoms with van der Waals surface area (Å²) in [7, 11) is -1.70. The minimum Gasteiger partial charge on any atom is -0.328 e. The summed E-state index contributed by atoms with van der Waals surface area (Å²) in [6.07, 6.45) is 15.6. The van der Waals surface area contributed by atoms with Gasteiger partial charge in [0.05, 0.1) is 11.2 Å². The highest BCUT2D eigenvalue weighted by Crippen LogP contribution is 2.64. The highest BCUT2D eigenvalue weighted by molar-refractivity contribution is 7.40. The predicted molar refractivity (Wildman–Crippen MR) is 93.1 cm³/mol. The molecule has 0 heterocycles. The van der Waals surface area contributed by atoms with Crippen molar-refractivity contribution in [3.63, 3.8) is 0 Å². The van der Waals surface area contributed by atoms with Gasteiger partial charge < -0.3 is 13.9 Å². The van der Waals surface area contributed by atoms with Crippen LogP contribution in [-0.4, -0.2) is 16.1 Å². The second kappa shape index (κ2) is 5.18. The summed E-state index contributed by atoms with van der Waals surface area (Å²) >= 11 is 0. The summed E-state index contributed by atoms with van der Waals surface area (Å²) < 4.78 is 12.8. The Morgan fingerprint density at radius 2 is 0.792 bits per heavy atom. The van der Waals surface area contributed by atoms with Crippen LogP contribution in [0.2, 0.25) is 0 Å². The van der Waals surface area contributed by atoms with E-state index >= 15 is 0 Å². The van der Waals surface area contributed by atoms with E-state index in [9.17, 15) is 4.89 Å². The van der Waals surface area contributed by atoms with E-state index in [1.807, 2.05) is 0 Å². The molecule has 0 amide bonds. The van der Waals surface area contributed by atoms with Gasteiger partial charge in [-0.15, -0.1) is 0 Å². The van der Waals surface area contributed by atoms with Gasteiger partial charge in [0.2, 0.25) is 0 Å². The molecule has 8 bridgehead atoms. The van der Waals surface area contributed by atoms with E-state index in [2.05, 4.69) is 0 Å². The Morgan fingerprint density at radius 1 is 0.542 bits per heavy atom. The van der Waals surface area contributed by atoms with Crippen LogP contribution in [0.25, 0.3) is 0 Å². The van der Waals surface area contributed by atoms with Gasteiger partial charge in [0.15, 0.2) is 0 Å². The topological polar surface area (TPSA) is 38.7 Å². The average Bonchev–Trinajstić information content (AvgIpc) is 2.42. The highest BCUT2D eigenvalue weighted by atomic mass is 31.2. The van der Waals surface area contributed by atoms with Crippen molar-refractivity contribution in [2.75, 3.05) is 0 Å². The Kier molecular flexibility index (Phi) is 3.32. The fourth-order valence-corrected chi connectivity index (χ4v) is 9.78. The van der Waals surface area contributed by atoms with Crippen LogP contribution in [0.1, 0.15) is 77.0 Å². The molecule has 24 heavy (non-hydrogen) atoms. The van der Waals surface area contributed by atoms with Gasteiger partial charge in [0.25, 0.3) is 0 Å². The van der Waals surface area contributed by atoms with Gasteiger partial charge in [0, 0.05) is 0 Å². The maximum Gasteiger partial charge on any atom is 0.330 e. The summed E-state index contributed by atoms with van der Waals surface area (Å²) in [5.74, 6) is 5.16. The SMILES string of the molecule is OP(OC12CC3CC(CC(C3)C1)C2)OC12CC3CC(CC(C3)C1)C2. The van der Waals surface area contributed by atoms with Crippen molar-refractivity contribution in [1.29, 1.82) is 0 Å². The molecule has 0 radical (unpaired) electrons. The number of hydrogen-bond donors (Lipinski definition) is 1. The second-order valence-corrected chi connectivity index (χ2v) is 11.5. The van der Waals surface area contributed by atoms with E-state index < -0.39 is 8.60 Å². The van der Waals surface area contributed by atoms with Crippen LogP contribution in [0.5, 0.6) is 0 Å². The smallest absolute Gasteiger partial charge is 0.328 e. The zero-order valence-electron chi connectivity index (χ0n) is 14.7. The first-order valence-corrected chi connectivity index (χ1v) is 11.6. The molecule has 8 rings (SSSR count). The molecule has 1 N–H and O–H groups in total. The van der Waals surface area contributed by atoms with Gasteiger partial charge >= 0.3 is 8.60 Å². The Labute approximate surface area is 146 Å². The van der Waals surface area contributed by atoms with Crippen LogP contribution in [0, 0.1) is 35.5 Å². The molecule has 4 heteroatoms. The van der Waals surface area contributed by atoms with E-state index in [0.717, 1.165) is 35.5 Å². The first-order valence-electron chi connectivity index (χ1n) is 10.4. The lowest BCUT2D eigenvalue weighted by molar-refractivity contribution is -0.141. The Morgan fingerprint density at radius 3 is 1.04 bits per heavy atom. The molecule has 8 saturated carbocycles. The van der Waals surface area contributed by atoms with Gasteiger partial charge in [-0.25, -0.2) is 0 Å². The van der Waals surface area contributed by atoms with Crippen molar-refractivity contribution < 1.29 is 13.9 Å². The van der Waals surface area contributed by atoms with Crippen LogP contribution >= 0.6 is 8.60 Å². The Balaban J connectivity index is 1.16. The summed E-state index contributed by atoms with van der Waals surface area (Å²) in [5, 5.41) is 0. The average molecular weight is 350 g/mol. The second-order valence-electron chi connectivity index (χ2n) is 10.6. The number of rotatable bonds is 4. The van der Waals surface area contributed by atoms with E-state index in [4.69, 9.17) is 9.05 Å². The normalized spacial score (nSPS) is 58.4. The highest BCUT2D eigenvalue weighted by Gasteiger charge is 2.56. The fraction of sp³-hybridized carbons (Fsp3) is 1.00. The molecule has 134 valence electrons. The van der Waals surface area contributed by atoms with Crippen molar-refractivity contribution in [3.8, 4) is 0 Å². The molecule has 3 nitrogen and oxygen atoms in total. The molecular formula is C20H31O3P. The van der Waals surface area contributed by atoms with E-state index in [1.165, 1.54) is 77.0 Å². The van der Waals surface area contributed by atoms with Crippen LogP contribution in [0.15, 0.2) is 0 Å². The Hall–Kier alpha value is 0.310. The van der Waals surface area contributed by atoms with Gasteiger partial charge in [-0.2, -0.15) is 0 Å².